The zero-order chi connectivity index (χ0) is 14.0. The van der Waals surface area contributed by atoms with Crippen LogP contribution in [0.25, 0.3) is 0 Å². The van der Waals surface area contributed by atoms with Crippen LogP contribution >= 0.6 is 0 Å². The molecule has 0 unspecified atom stereocenters. The smallest absolute Gasteiger partial charge is 0.326 e. The molecule has 1 N–H and O–H groups in total. The molecule has 0 bridgehead atoms. The minimum absolute atomic E-state index is 0.0654. The maximum atomic E-state index is 12.3. The van der Waals surface area contributed by atoms with E-state index in [1.807, 2.05) is 38.1 Å². The van der Waals surface area contributed by atoms with Crippen LogP contribution in [-0.2, 0) is 22.6 Å². The number of carboxylic acids is 1. The highest BCUT2D eigenvalue weighted by Crippen LogP contribution is 2.25. The van der Waals surface area contributed by atoms with Gasteiger partial charge in [-0.1, -0.05) is 38.1 Å². The first-order valence-electron chi connectivity index (χ1n) is 6.64. The van der Waals surface area contributed by atoms with Crippen LogP contribution in [0.5, 0.6) is 0 Å². The van der Waals surface area contributed by atoms with Crippen LogP contribution in [0.2, 0.25) is 0 Å². The molecule has 19 heavy (non-hydrogen) atoms. The van der Waals surface area contributed by atoms with Crippen LogP contribution in [0.1, 0.15) is 31.4 Å². The molecule has 0 saturated carbocycles. The number of amides is 1. The Kier molecular flexibility index (Phi) is 3.88. The summed E-state index contributed by atoms with van der Waals surface area (Å²) in [5, 5.41) is 9.34. The molecule has 2 atom stereocenters. The molecule has 4 nitrogen and oxygen atoms in total. The molecule has 0 saturated heterocycles. The van der Waals surface area contributed by atoms with Gasteiger partial charge in [0.25, 0.3) is 0 Å². The molecule has 4 heteroatoms. The normalized spacial score (nSPS) is 19.7. The third-order valence-electron chi connectivity index (χ3n) is 3.85. The Morgan fingerprint density at radius 1 is 1.37 bits per heavy atom. The number of carbonyl (C=O) groups is 2. The summed E-state index contributed by atoms with van der Waals surface area (Å²) in [7, 11) is 0. The topological polar surface area (TPSA) is 57.6 Å². The first-order chi connectivity index (χ1) is 9.04. The first-order valence-corrected chi connectivity index (χ1v) is 6.64. The van der Waals surface area contributed by atoms with Gasteiger partial charge in [0.1, 0.15) is 6.04 Å². The third-order valence-corrected chi connectivity index (χ3v) is 3.85. The van der Waals surface area contributed by atoms with Crippen molar-refractivity contribution in [2.45, 2.75) is 39.3 Å². The Hall–Kier alpha value is -1.84. The summed E-state index contributed by atoms with van der Waals surface area (Å²) in [6.07, 6.45) is 1.12. The number of carbonyl (C=O) groups excluding carboxylic acids is 1. The SMILES string of the molecule is CC[C@@H](C)C(=O)N1Cc2ccccc2C[C@@H]1C(=O)O. The maximum Gasteiger partial charge on any atom is 0.326 e. The Labute approximate surface area is 113 Å². The summed E-state index contributed by atoms with van der Waals surface area (Å²) in [6, 6.07) is 6.99. The van der Waals surface area contributed by atoms with E-state index < -0.39 is 12.0 Å². The Morgan fingerprint density at radius 3 is 2.58 bits per heavy atom. The Bertz CT molecular complexity index is 498. The first kappa shape index (κ1) is 13.6. The number of rotatable bonds is 3. The second kappa shape index (κ2) is 5.43. The van der Waals surface area contributed by atoms with Gasteiger partial charge in [0.15, 0.2) is 0 Å². The summed E-state index contributed by atoms with van der Waals surface area (Å²) in [5.41, 5.74) is 2.08. The van der Waals surface area contributed by atoms with Crippen molar-refractivity contribution < 1.29 is 14.7 Å². The lowest BCUT2D eigenvalue weighted by molar-refractivity contribution is -0.153. The van der Waals surface area contributed by atoms with Gasteiger partial charge in [0, 0.05) is 18.9 Å². The standard InChI is InChI=1S/C15H19NO3/c1-3-10(2)14(17)16-9-12-7-5-4-6-11(12)8-13(16)15(18)19/h4-7,10,13H,3,8-9H2,1-2H3,(H,18,19)/t10-,13-/m1/s1. The number of nitrogens with zero attached hydrogens (tertiary/aromatic N) is 1. The van der Waals surface area contributed by atoms with Crippen molar-refractivity contribution in [2.24, 2.45) is 5.92 Å². The largest absolute Gasteiger partial charge is 0.480 e. The zero-order valence-electron chi connectivity index (χ0n) is 11.3. The monoisotopic (exact) mass is 261 g/mol. The predicted octanol–water partition coefficient (Wildman–Crippen LogP) is 2.07. The van der Waals surface area contributed by atoms with E-state index in [1.165, 1.54) is 4.90 Å². The second-order valence-corrected chi connectivity index (χ2v) is 5.10. The highest BCUT2D eigenvalue weighted by Gasteiger charge is 2.35. The number of benzene rings is 1. The van der Waals surface area contributed by atoms with Crippen LogP contribution in [0.3, 0.4) is 0 Å². The van der Waals surface area contributed by atoms with Crippen LogP contribution in [0.15, 0.2) is 24.3 Å². The van der Waals surface area contributed by atoms with Gasteiger partial charge in [-0.15, -0.1) is 0 Å². The van der Waals surface area contributed by atoms with E-state index in [4.69, 9.17) is 0 Å². The Balaban J connectivity index is 2.31. The van der Waals surface area contributed by atoms with Crippen molar-refractivity contribution in [1.82, 2.24) is 4.90 Å². The summed E-state index contributed by atoms with van der Waals surface area (Å²) >= 11 is 0. The van der Waals surface area contributed by atoms with E-state index in [0.29, 0.717) is 13.0 Å². The predicted molar refractivity (Wildman–Crippen MR) is 71.6 cm³/mol. The quantitative estimate of drug-likeness (QED) is 0.906. The van der Waals surface area contributed by atoms with E-state index in [1.54, 1.807) is 0 Å². The van der Waals surface area contributed by atoms with Crippen molar-refractivity contribution in [1.29, 1.82) is 0 Å². The lowest BCUT2D eigenvalue weighted by Crippen LogP contribution is -2.50. The molecule has 1 amide bonds. The minimum atomic E-state index is -0.925. The van der Waals surface area contributed by atoms with Gasteiger partial charge in [0.2, 0.25) is 5.91 Å². The number of hydrogen-bond donors (Lipinski definition) is 1. The molecule has 2 rings (SSSR count). The molecular weight excluding hydrogens is 242 g/mol. The fourth-order valence-corrected chi connectivity index (χ4v) is 2.43. The van der Waals surface area contributed by atoms with Gasteiger partial charge < -0.3 is 10.0 Å². The van der Waals surface area contributed by atoms with Gasteiger partial charge in [-0.2, -0.15) is 0 Å². The zero-order valence-corrected chi connectivity index (χ0v) is 11.3. The number of carboxylic acid groups (broad SMARTS) is 1. The van der Waals surface area contributed by atoms with Crippen molar-refractivity contribution in [2.75, 3.05) is 0 Å². The molecule has 0 aliphatic carbocycles. The molecule has 1 aliphatic rings. The van der Waals surface area contributed by atoms with Crippen molar-refractivity contribution >= 4 is 11.9 Å². The molecular formula is C15H19NO3. The maximum absolute atomic E-state index is 12.3. The summed E-state index contributed by atoms with van der Waals surface area (Å²) in [4.78, 5) is 25.2. The van der Waals surface area contributed by atoms with Gasteiger partial charge in [0.05, 0.1) is 0 Å². The van der Waals surface area contributed by atoms with Gasteiger partial charge in [-0.25, -0.2) is 4.79 Å². The molecule has 102 valence electrons. The highest BCUT2D eigenvalue weighted by atomic mass is 16.4. The molecule has 1 aliphatic heterocycles. The number of fused-ring (bicyclic) bond motifs is 1. The Morgan fingerprint density at radius 2 is 2.00 bits per heavy atom. The average molecular weight is 261 g/mol. The highest BCUT2D eigenvalue weighted by molar-refractivity contribution is 5.85. The summed E-state index contributed by atoms with van der Waals surface area (Å²) in [6.45, 7) is 4.19. The molecule has 0 spiro atoms. The minimum Gasteiger partial charge on any atom is -0.480 e. The van der Waals surface area contributed by atoms with Gasteiger partial charge >= 0.3 is 5.97 Å². The molecule has 0 aromatic heterocycles. The molecule has 1 aromatic carbocycles. The molecule has 1 heterocycles. The fourth-order valence-electron chi connectivity index (χ4n) is 2.43. The van der Waals surface area contributed by atoms with E-state index in [-0.39, 0.29) is 11.8 Å². The lowest BCUT2D eigenvalue weighted by atomic mass is 9.92. The summed E-state index contributed by atoms with van der Waals surface area (Å²) in [5.74, 6) is -1.12. The molecule has 1 aromatic rings. The van der Waals surface area contributed by atoms with Crippen molar-refractivity contribution in [3.8, 4) is 0 Å². The lowest BCUT2D eigenvalue weighted by Gasteiger charge is -2.35. The van der Waals surface area contributed by atoms with Gasteiger partial charge in [-0.05, 0) is 17.5 Å². The van der Waals surface area contributed by atoms with Crippen LogP contribution < -0.4 is 0 Å². The van der Waals surface area contributed by atoms with Crippen LogP contribution in [-0.4, -0.2) is 27.9 Å². The third kappa shape index (κ3) is 2.62. The number of aliphatic carboxylic acids is 1. The second-order valence-electron chi connectivity index (χ2n) is 5.10. The van der Waals surface area contributed by atoms with Crippen molar-refractivity contribution in [3.63, 3.8) is 0 Å². The molecule has 0 fully saturated rings. The van der Waals surface area contributed by atoms with E-state index in [2.05, 4.69) is 0 Å². The molecule has 0 radical (unpaired) electrons. The van der Waals surface area contributed by atoms with E-state index in [0.717, 1.165) is 17.5 Å². The van der Waals surface area contributed by atoms with E-state index >= 15 is 0 Å². The summed E-state index contributed by atoms with van der Waals surface area (Å²) < 4.78 is 0. The van der Waals surface area contributed by atoms with Gasteiger partial charge in [-0.3, -0.25) is 4.79 Å². The van der Waals surface area contributed by atoms with E-state index in [9.17, 15) is 14.7 Å². The fraction of sp³-hybridized carbons (Fsp3) is 0.467. The van der Waals surface area contributed by atoms with Crippen molar-refractivity contribution in [3.05, 3.63) is 35.4 Å². The number of hydrogen-bond acceptors (Lipinski definition) is 2. The van der Waals surface area contributed by atoms with Crippen LogP contribution in [0.4, 0.5) is 0 Å². The average Bonchev–Trinajstić information content (AvgIpc) is 2.44. The van der Waals surface area contributed by atoms with Crippen LogP contribution in [0, 0.1) is 5.92 Å².